The van der Waals surface area contributed by atoms with Gasteiger partial charge in [-0.15, -0.1) is 0 Å². The van der Waals surface area contributed by atoms with E-state index in [2.05, 4.69) is 0 Å². The lowest BCUT2D eigenvalue weighted by atomic mass is 10.1. The van der Waals surface area contributed by atoms with Crippen LogP contribution in [0.2, 0.25) is 0 Å². The fourth-order valence-corrected chi connectivity index (χ4v) is 2.85. The first-order valence-electron chi connectivity index (χ1n) is 7.65. The van der Waals surface area contributed by atoms with Gasteiger partial charge >= 0.3 is 0 Å². The highest BCUT2D eigenvalue weighted by molar-refractivity contribution is 5.21. The molecule has 0 aliphatic carbocycles. The fraction of sp³-hybridized carbons (Fsp3) is 0.333. The quantitative estimate of drug-likeness (QED) is 0.940. The smallest absolute Gasteiger partial charge is 0.131 e. The van der Waals surface area contributed by atoms with Gasteiger partial charge in [0, 0.05) is 31.3 Å². The van der Waals surface area contributed by atoms with Crippen molar-refractivity contribution in [1.29, 1.82) is 0 Å². The maximum Gasteiger partial charge on any atom is 0.131 e. The molecule has 2 aromatic rings. The Balaban J connectivity index is 1.65. The predicted octanol–water partition coefficient (Wildman–Crippen LogP) is 3.07. The lowest BCUT2D eigenvalue weighted by Gasteiger charge is -2.34. The number of β-amino-alcohol motifs (C(OH)–C–C–N with tert-alkyl or cyclic N) is 1. The molecule has 0 saturated carbocycles. The summed E-state index contributed by atoms with van der Waals surface area (Å²) in [5.74, 6) is -1.36. The predicted molar refractivity (Wildman–Crippen MR) is 82.9 cm³/mol. The molecule has 2 unspecified atom stereocenters. The Bertz CT molecular complexity index is 651. The molecule has 1 aliphatic heterocycles. The third kappa shape index (κ3) is 3.93. The number of morpholine rings is 1. The van der Waals surface area contributed by atoms with Crippen LogP contribution in [0.5, 0.6) is 0 Å². The summed E-state index contributed by atoms with van der Waals surface area (Å²) < 4.78 is 32.5. The summed E-state index contributed by atoms with van der Waals surface area (Å²) in [4.78, 5) is 2.04. The van der Waals surface area contributed by atoms with Gasteiger partial charge in [0.05, 0.1) is 18.8 Å². The number of ether oxygens (including phenoxy) is 1. The lowest BCUT2D eigenvalue weighted by Crippen LogP contribution is -2.40. The molecule has 1 aliphatic rings. The minimum atomic E-state index is -0.995. The summed E-state index contributed by atoms with van der Waals surface area (Å²) in [5, 5.41) is 10.3. The number of halogens is 2. The zero-order chi connectivity index (χ0) is 16.2. The van der Waals surface area contributed by atoms with Gasteiger partial charge < -0.3 is 9.84 Å². The molecule has 0 aromatic heterocycles. The molecule has 0 amide bonds. The Morgan fingerprint density at radius 1 is 1.17 bits per heavy atom. The van der Waals surface area contributed by atoms with Crippen LogP contribution in [0.4, 0.5) is 8.78 Å². The van der Waals surface area contributed by atoms with E-state index in [-0.39, 0.29) is 18.2 Å². The molecule has 3 nitrogen and oxygen atoms in total. The molecule has 2 atom stereocenters. The highest BCUT2D eigenvalue weighted by Gasteiger charge is 2.24. The molecule has 3 rings (SSSR count). The first kappa shape index (κ1) is 16.1. The van der Waals surface area contributed by atoms with Gasteiger partial charge in [-0.2, -0.15) is 0 Å². The number of aliphatic hydroxyl groups is 1. The highest BCUT2D eigenvalue weighted by atomic mass is 19.1. The maximum absolute atomic E-state index is 13.8. The van der Waals surface area contributed by atoms with Gasteiger partial charge in [-0.05, 0) is 11.6 Å². The average Bonchev–Trinajstić information content (AvgIpc) is 2.56. The molecule has 1 saturated heterocycles. The molecule has 5 heteroatoms. The molecule has 2 aromatic carbocycles. The summed E-state index contributed by atoms with van der Waals surface area (Å²) in [6.45, 7) is 2.14. The summed E-state index contributed by atoms with van der Waals surface area (Å²) in [7, 11) is 0. The lowest BCUT2D eigenvalue weighted by molar-refractivity contribution is -0.0426. The van der Waals surface area contributed by atoms with Crippen molar-refractivity contribution in [2.75, 3.05) is 26.2 Å². The molecule has 1 heterocycles. The van der Waals surface area contributed by atoms with Gasteiger partial charge in [-0.25, -0.2) is 8.78 Å². The van der Waals surface area contributed by atoms with Crippen LogP contribution in [-0.2, 0) is 4.74 Å². The van der Waals surface area contributed by atoms with Crippen LogP contribution in [0, 0.1) is 11.6 Å². The zero-order valence-electron chi connectivity index (χ0n) is 12.7. The topological polar surface area (TPSA) is 32.7 Å². The van der Waals surface area contributed by atoms with Crippen LogP contribution in [0.3, 0.4) is 0 Å². The van der Waals surface area contributed by atoms with Crippen LogP contribution >= 0.6 is 0 Å². The molecule has 1 fully saturated rings. The van der Waals surface area contributed by atoms with Crippen molar-refractivity contribution in [3.63, 3.8) is 0 Å². The van der Waals surface area contributed by atoms with Crippen molar-refractivity contribution in [2.24, 2.45) is 0 Å². The van der Waals surface area contributed by atoms with E-state index in [9.17, 15) is 13.9 Å². The van der Waals surface area contributed by atoms with E-state index in [1.165, 1.54) is 6.07 Å². The van der Waals surface area contributed by atoms with Gasteiger partial charge in [-0.1, -0.05) is 36.4 Å². The third-order valence-electron chi connectivity index (χ3n) is 4.07. The third-order valence-corrected chi connectivity index (χ3v) is 4.07. The maximum atomic E-state index is 13.8. The summed E-state index contributed by atoms with van der Waals surface area (Å²) >= 11 is 0. The molecule has 23 heavy (non-hydrogen) atoms. The van der Waals surface area contributed by atoms with Gasteiger partial charge in [0.2, 0.25) is 0 Å². The standard InChI is InChI=1S/C18H19F2NO2/c19-14-6-7-15(16(20)10-14)17(22)11-21-8-9-23-18(12-21)13-4-2-1-3-5-13/h1-7,10,17-18,22H,8-9,11-12H2. The second-order valence-electron chi connectivity index (χ2n) is 5.71. The molecule has 0 bridgehead atoms. The number of nitrogens with zero attached hydrogens (tertiary/aromatic N) is 1. The number of hydrogen-bond donors (Lipinski definition) is 1. The fourth-order valence-electron chi connectivity index (χ4n) is 2.85. The van der Waals surface area contributed by atoms with E-state index in [1.54, 1.807) is 0 Å². The van der Waals surface area contributed by atoms with Crippen LogP contribution in [0.1, 0.15) is 23.3 Å². The number of benzene rings is 2. The molecule has 0 spiro atoms. The summed E-state index contributed by atoms with van der Waals surface area (Å²) in [6.07, 6.45) is -1.06. The number of aliphatic hydroxyl groups excluding tert-OH is 1. The Kier molecular flexibility index (Phi) is 5.00. The second kappa shape index (κ2) is 7.17. The van der Waals surface area contributed by atoms with Crippen molar-refractivity contribution in [2.45, 2.75) is 12.2 Å². The Labute approximate surface area is 134 Å². The normalized spacial score (nSPS) is 20.4. The molecular formula is C18H19F2NO2. The van der Waals surface area contributed by atoms with Gasteiger partial charge in [0.25, 0.3) is 0 Å². The van der Waals surface area contributed by atoms with Gasteiger partial charge in [0.1, 0.15) is 11.6 Å². The van der Waals surface area contributed by atoms with E-state index in [1.807, 2.05) is 35.2 Å². The average molecular weight is 319 g/mol. The van der Waals surface area contributed by atoms with E-state index in [0.29, 0.717) is 19.7 Å². The molecule has 0 radical (unpaired) electrons. The Morgan fingerprint density at radius 2 is 1.96 bits per heavy atom. The first-order chi connectivity index (χ1) is 11.1. The molecule has 1 N–H and O–H groups in total. The first-order valence-corrected chi connectivity index (χ1v) is 7.65. The van der Waals surface area contributed by atoms with Crippen molar-refractivity contribution in [3.8, 4) is 0 Å². The monoisotopic (exact) mass is 319 g/mol. The second-order valence-corrected chi connectivity index (χ2v) is 5.71. The van der Waals surface area contributed by atoms with E-state index < -0.39 is 17.7 Å². The SMILES string of the molecule is OC(CN1CCOC(c2ccccc2)C1)c1ccc(F)cc1F. The van der Waals surface area contributed by atoms with Crippen molar-refractivity contribution in [3.05, 3.63) is 71.3 Å². The minimum Gasteiger partial charge on any atom is -0.387 e. The summed E-state index contributed by atoms with van der Waals surface area (Å²) in [5.41, 5.74) is 1.20. The number of rotatable bonds is 4. The van der Waals surface area contributed by atoms with E-state index in [4.69, 9.17) is 4.74 Å². The van der Waals surface area contributed by atoms with Gasteiger partial charge in [0.15, 0.2) is 0 Å². The Hall–Kier alpha value is -1.82. The van der Waals surface area contributed by atoms with Crippen molar-refractivity contribution < 1.29 is 18.6 Å². The minimum absolute atomic E-state index is 0.0600. The van der Waals surface area contributed by atoms with Crippen LogP contribution in [-0.4, -0.2) is 36.2 Å². The molecule has 122 valence electrons. The van der Waals surface area contributed by atoms with Crippen molar-refractivity contribution >= 4 is 0 Å². The highest BCUT2D eigenvalue weighted by Crippen LogP contribution is 2.25. The van der Waals surface area contributed by atoms with Gasteiger partial charge in [-0.3, -0.25) is 4.90 Å². The van der Waals surface area contributed by atoms with Crippen LogP contribution in [0.25, 0.3) is 0 Å². The molecular weight excluding hydrogens is 300 g/mol. The van der Waals surface area contributed by atoms with E-state index >= 15 is 0 Å². The van der Waals surface area contributed by atoms with Crippen LogP contribution in [0.15, 0.2) is 48.5 Å². The zero-order valence-corrected chi connectivity index (χ0v) is 12.7. The van der Waals surface area contributed by atoms with Crippen molar-refractivity contribution in [1.82, 2.24) is 4.90 Å². The van der Waals surface area contributed by atoms with E-state index in [0.717, 1.165) is 17.7 Å². The Morgan fingerprint density at radius 3 is 2.70 bits per heavy atom. The largest absolute Gasteiger partial charge is 0.387 e. The number of hydrogen-bond acceptors (Lipinski definition) is 3. The summed E-state index contributed by atoms with van der Waals surface area (Å²) in [6, 6.07) is 13.1. The van der Waals surface area contributed by atoms with Crippen LogP contribution < -0.4 is 0 Å².